The molecule has 19 heavy (non-hydrogen) atoms. The molecule has 0 spiro atoms. The van der Waals surface area contributed by atoms with Crippen LogP contribution in [-0.2, 0) is 6.18 Å². The van der Waals surface area contributed by atoms with Gasteiger partial charge in [-0.25, -0.2) is 0 Å². The zero-order chi connectivity index (χ0) is 12.3. The summed E-state index contributed by atoms with van der Waals surface area (Å²) < 4.78 is 43.0. The summed E-state index contributed by atoms with van der Waals surface area (Å²) in [6, 6.07) is 5.05. The average molecular weight is 318 g/mol. The van der Waals surface area contributed by atoms with Gasteiger partial charge in [-0.15, -0.1) is 24.8 Å². The Balaban J connectivity index is 0.00000162. The summed E-state index contributed by atoms with van der Waals surface area (Å²) >= 11 is 0. The van der Waals surface area contributed by atoms with Crippen molar-refractivity contribution < 1.29 is 17.9 Å². The van der Waals surface area contributed by atoms with E-state index in [1.807, 2.05) is 0 Å². The van der Waals surface area contributed by atoms with Gasteiger partial charge in [0.25, 0.3) is 0 Å². The highest BCUT2D eigenvalue weighted by atomic mass is 35.5. The van der Waals surface area contributed by atoms with Crippen molar-refractivity contribution in [3.8, 4) is 5.75 Å². The van der Waals surface area contributed by atoms with Crippen molar-refractivity contribution in [2.24, 2.45) is 0 Å². The predicted octanol–water partition coefficient (Wildman–Crippen LogP) is 3.68. The second kappa shape index (κ2) is 7.82. The van der Waals surface area contributed by atoms with Gasteiger partial charge in [0.2, 0.25) is 0 Å². The molecule has 1 aromatic carbocycles. The van der Waals surface area contributed by atoms with Crippen molar-refractivity contribution in [2.45, 2.75) is 25.1 Å². The fourth-order valence-electron chi connectivity index (χ4n) is 1.85. The van der Waals surface area contributed by atoms with Crippen LogP contribution in [0, 0.1) is 0 Å². The summed E-state index contributed by atoms with van der Waals surface area (Å²) in [5, 5.41) is 3.18. The summed E-state index contributed by atoms with van der Waals surface area (Å²) in [4.78, 5) is 0. The Labute approximate surface area is 122 Å². The number of piperidine rings is 1. The van der Waals surface area contributed by atoms with Crippen LogP contribution >= 0.6 is 24.8 Å². The quantitative estimate of drug-likeness (QED) is 0.898. The molecule has 2 nitrogen and oxygen atoms in total. The molecule has 2 rings (SSSR count). The molecule has 110 valence electrons. The van der Waals surface area contributed by atoms with Gasteiger partial charge in [-0.3, -0.25) is 0 Å². The zero-order valence-electron chi connectivity index (χ0n) is 10.1. The highest BCUT2D eigenvalue weighted by Crippen LogP contribution is 2.31. The Morgan fingerprint density at radius 1 is 1.11 bits per heavy atom. The van der Waals surface area contributed by atoms with Crippen molar-refractivity contribution in [3.63, 3.8) is 0 Å². The van der Waals surface area contributed by atoms with E-state index in [4.69, 9.17) is 4.74 Å². The number of halogens is 5. The van der Waals surface area contributed by atoms with Gasteiger partial charge in [0.05, 0.1) is 5.56 Å². The van der Waals surface area contributed by atoms with Gasteiger partial charge in [0.1, 0.15) is 11.9 Å². The third-order valence-electron chi connectivity index (χ3n) is 2.75. The van der Waals surface area contributed by atoms with E-state index in [-0.39, 0.29) is 30.9 Å². The third-order valence-corrected chi connectivity index (χ3v) is 2.75. The van der Waals surface area contributed by atoms with E-state index in [1.165, 1.54) is 6.07 Å². The van der Waals surface area contributed by atoms with E-state index in [0.29, 0.717) is 5.75 Å². The molecule has 1 aliphatic heterocycles. The van der Waals surface area contributed by atoms with Crippen molar-refractivity contribution in [3.05, 3.63) is 29.8 Å². The van der Waals surface area contributed by atoms with Gasteiger partial charge in [-0.2, -0.15) is 13.2 Å². The standard InChI is InChI=1S/C12H14F3NO.2ClH/c13-12(14,15)9-2-1-3-11(8-9)17-10-4-6-16-7-5-10;;/h1-3,8,10,16H,4-7H2;2*1H. The van der Waals surface area contributed by atoms with Gasteiger partial charge in [-0.05, 0) is 44.1 Å². The van der Waals surface area contributed by atoms with Crippen LogP contribution in [0.2, 0.25) is 0 Å². The minimum Gasteiger partial charge on any atom is -0.490 e. The molecule has 0 atom stereocenters. The van der Waals surface area contributed by atoms with Gasteiger partial charge in [0, 0.05) is 0 Å². The van der Waals surface area contributed by atoms with Crippen molar-refractivity contribution in [1.29, 1.82) is 0 Å². The minimum atomic E-state index is -4.31. The topological polar surface area (TPSA) is 21.3 Å². The molecule has 1 aromatic rings. The molecule has 1 aliphatic rings. The monoisotopic (exact) mass is 317 g/mol. The zero-order valence-corrected chi connectivity index (χ0v) is 11.7. The van der Waals surface area contributed by atoms with Crippen LogP contribution < -0.4 is 10.1 Å². The maximum absolute atomic E-state index is 12.5. The van der Waals surface area contributed by atoms with Gasteiger partial charge >= 0.3 is 6.18 Å². The lowest BCUT2D eigenvalue weighted by atomic mass is 10.1. The van der Waals surface area contributed by atoms with E-state index in [1.54, 1.807) is 6.07 Å². The Kier molecular flexibility index (Phi) is 7.55. The predicted molar refractivity (Wildman–Crippen MR) is 72.5 cm³/mol. The largest absolute Gasteiger partial charge is 0.490 e. The molecule has 0 saturated carbocycles. The molecule has 1 saturated heterocycles. The SMILES string of the molecule is Cl.Cl.FC(F)(F)c1cccc(OC2CCNCC2)c1. The van der Waals surface area contributed by atoms with E-state index in [2.05, 4.69) is 5.32 Å². The number of hydrogen-bond acceptors (Lipinski definition) is 2. The van der Waals surface area contributed by atoms with Crippen molar-refractivity contribution in [1.82, 2.24) is 5.32 Å². The Hall–Kier alpha value is -0.650. The van der Waals surface area contributed by atoms with Gasteiger partial charge in [0.15, 0.2) is 0 Å². The van der Waals surface area contributed by atoms with Crippen LogP contribution in [-0.4, -0.2) is 19.2 Å². The number of ether oxygens (including phenoxy) is 1. The highest BCUT2D eigenvalue weighted by Gasteiger charge is 2.30. The summed E-state index contributed by atoms with van der Waals surface area (Å²) in [5.74, 6) is 0.298. The number of nitrogens with one attached hydrogen (secondary N) is 1. The van der Waals surface area contributed by atoms with E-state index in [9.17, 15) is 13.2 Å². The summed E-state index contributed by atoms with van der Waals surface area (Å²) in [6.07, 6.45) is -2.64. The number of benzene rings is 1. The molecule has 1 heterocycles. The molecular weight excluding hydrogens is 302 g/mol. The Morgan fingerprint density at radius 2 is 1.74 bits per heavy atom. The van der Waals surface area contributed by atoms with E-state index < -0.39 is 11.7 Å². The summed E-state index contributed by atoms with van der Waals surface area (Å²) in [7, 11) is 0. The maximum Gasteiger partial charge on any atom is 0.416 e. The Morgan fingerprint density at radius 3 is 2.32 bits per heavy atom. The number of rotatable bonds is 2. The van der Waals surface area contributed by atoms with Crippen LogP contribution in [0.15, 0.2) is 24.3 Å². The van der Waals surface area contributed by atoms with E-state index in [0.717, 1.165) is 38.1 Å². The lowest BCUT2D eigenvalue weighted by molar-refractivity contribution is -0.137. The second-order valence-corrected chi connectivity index (χ2v) is 4.09. The van der Waals surface area contributed by atoms with Gasteiger partial charge < -0.3 is 10.1 Å². The molecule has 0 radical (unpaired) electrons. The highest BCUT2D eigenvalue weighted by molar-refractivity contribution is 5.85. The first kappa shape index (κ1) is 18.4. The molecular formula is C12H16Cl2F3NO. The first-order valence-corrected chi connectivity index (χ1v) is 5.60. The van der Waals surface area contributed by atoms with E-state index >= 15 is 0 Å². The van der Waals surface area contributed by atoms with Crippen LogP contribution in [0.25, 0.3) is 0 Å². The van der Waals surface area contributed by atoms with Gasteiger partial charge in [-0.1, -0.05) is 6.07 Å². The lowest BCUT2D eigenvalue weighted by Gasteiger charge is -2.24. The fourth-order valence-corrected chi connectivity index (χ4v) is 1.85. The second-order valence-electron chi connectivity index (χ2n) is 4.09. The Bertz CT molecular complexity index is 381. The molecule has 7 heteroatoms. The smallest absolute Gasteiger partial charge is 0.416 e. The third kappa shape index (κ3) is 5.47. The molecule has 1 N–H and O–H groups in total. The average Bonchev–Trinajstić information content (AvgIpc) is 2.29. The summed E-state index contributed by atoms with van der Waals surface area (Å²) in [6.45, 7) is 1.70. The number of alkyl halides is 3. The maximum atomic E-state index is 12.5. The van der Waals surface area contributed by atoms with Crippen LogP contribution in [0.3, 0.4) is 0 Å². The van der Waals surface area contributed by atoms with Crippen molar-refractivity contribution in [2.75, 3.05) is 13.1 Å². The van der Waals surface area contributed by atoms with Crippen LogP contribution in [0.4, 0.5) is 13.2 Å². The lowest BCUT2D eigenvalue weighted by Crippen LogP contribution is -2.34. The number of hydrogen-bond donors (Lipinski definition) is 1. The normalized spacial score (nSPS) is 16.2. The minimum absolute atomic E-state index is 0. The molecule has 1 fully saturated rings. The fraction of sp³-hybridized carbons (Fsp3) is 0.500. The first-order valence-electron chi connectivity index (χ1n) is 5.60. The van der Waals surface area contributed by atoms with Crippen LogP contribution in [0.5, 0.6) is 5.75 Å². The molecule has 0 aromatic heterocycles. The molecule has 0 bridgehead atoms. The molecule has 0 unspecified atom stereocenters. The van der Waals surface area contributed by atoms with Crippen LogP contribution in [0.1, 0.15) is 18.4 Å². The molecule has 0 aliphatic carbocycles. The summed E-state index contributed by atoms with van der Waals surface area (Å²) in [5.41, 5.74) is -0.663. The molecule has 0 amide bonds. The van der Waals surface area contributed by atoms with Crippen molar-refractivity contribution >= 4 is 24.8 Å². The first-order chi connectivity index (χ1) is 8.05.